The standard InChI is InChI=1S/C19H34S5/c1-5-9-11-15(7-3)13-21-17-18(24-19(20)23-17)22-14-16(8-4)12-10-6-2/h15-16H,5-14H2,1-4H3. The third-order valence-electron chi connectivity index (χ3n) is 4.51. The maximum Gasteiger partial charge on any atom is 0.145 e. The van der Waals surface area contributed by atoms with Crippen LogP contribution in [0, 0.1) is 15.0 Å². The molecule has 0 amide bonds. The second-order valence-electron chi connectivity index (χ2n) is 6.48. The molecular weight excluding hydrogens is 389 g/mol. The van der Waals surface area contributed by atoms with E-state index in [9.17, 15) is 0 Å². The van der Waals surface area contributed by atoms with Crippen molar-refractivity contribution in [2.75, 3.05) is 11.5 Å². The van der Waals surface area contributed by atoms with Gasteiger partial charge in [0.15, 0.2) is 0 Å². The molecule has 0 radical (unpaired) electrons. The number of thioether (sulfide) groups is 2. The molecule has 5 heteroatoms. The molecule has 0 nitrogen and oxygen atoms in total. The molecular formula is C19H34S5. The van der Waals surface area contributed by atoms with Gasteiger partial charge in [-0.3, -0.25) is 0 Å². The van der Waals surface area contributed by atoms with E-state index in [2.05, 4.69) is 51.2 Å². The molecule has 0 aliphatic carbocycles. The van der Waals surface area contributed by atoms with Crippen LogP contribution in [0.2, 0.25) is 0 Å². The molecule has 140 valence electrons. The van der Waals surface area contributed by atoms with Gasteiger partial charge in [0, 0.05) is 11.5 Å². The van der Waals surface area contributed by atoms with Crippen molar-refractivity contribution in [2.45, 2.75) is 87.5 Å². The van der Waals surface area contributed by atoms with Crippen molar-refractivity contribution in [1.82, 2.24) is 0 Å². The number of unbranched alkanes of at least 4 members (excludes halogenated alkanes) is 2. The summed E-state index contributed by atoms with van der Waals surface area (Å²) in [6.07, 6.45) is 10.7. The quantitative estimate of drug-likeness (QED) is 0.216. The van der Waals surface area contributed by atoms with Gasteiger partial charge in [-0.25, -0.2) is 0 Å². The molecule has 0 N–H and O–H groups in total. The predicted octanol–water partition coefficient (Wildman–Crippen LogP) is 9.16. The molecule has 0 saturated carbocycles. The van der Waals surface area contributed by atoms with E-state index < -0.39 is 0 Å². The van der Waals surface area contributed by atoms with Crippen LogP contribution in [0.15, 0.2) is 8.42 Å². The predicted molar refractivity (Wildman–Crippen MR) is 121 cm³/mol. The summed E-state index contributed by atoms with van der Waals surface area (Å²) < 4.78 is 4.09. The van der Waals surface area contributed by atoms with Gasteiger partial charge in [0.1, 0.15) is 3.14 Å². The third kappa shape index (κ3) is 9.07. The van der Waals surface area contributed by atoms with Gasteiger partial charge in [-0.1, -0.05) is 78.4 Å². The van der Waals surface area contributed by atoms with Gasteiger partial charge < -0.3 is 0 Å². The van der Waals surface area contributed by atoms with Crippen molar-refractivity contribution in [1.29, 1.82) is 0 Å². The van der Waals surface area contributed by atoms with Crippen LogP contribution in [0.1, 0.15) is 79.1 Å². The highest BCUT2D eigenvalue weighted by Crippen LogP contribution is 2.42. The van der Waals surface area contributed by atoms with Crippen LogP contribution in [0.5, 0.6) is 0 Å². The maximum atomic E-state index is 5.49. The molecule has 1 aromatic heterocycles. The molecule has 1 rings (SSSR count). The summed E-state index contributed by atoms with van der Waals surface area (Å²) in [5, 5.41) is 0. The van der Waals surface area contributed by atoms with Crippen LogP contribution >= 0.6 is 58.4 Å². The summed E-state index contributed by atoms with van der Waals surface area (Å²) in [7, 11) is 0. The Morgan fingerprint density at radius 1 is 0.792 bits per heavy atom. The molecule has 1 heterocycles. The zero-order valence-electron chi connectivity index (χ0n) is 15.8. The largest absolute Gasteiger partial charge is 0.145 e. The summed E-state index contributed by atoms with van der Waals surface area (Å²) in [5.74, 6) is 4.25. The topological polar surface area (TPSA) is 0 Å². The molecule has 0 saturated heterocycles. The highest BCUT2D eigenvalue weighted by atomic mass is 32.2. The summed E-state index contributed by atoms with van der Waals surface area (Å²) >= 11 is 13.3. The lowest BCUT2D eigenvalue weighted by atomic mass is 10.0. The van der Waals surface area contributed by atoms with Crippen LogP contribution < -0.4 is 0 Å². The second-order valence-corrected chi connectivity index (χ2v) is 12.3. The number of hydrogen-bond donors (Lipinski definition) is 0. The molecule has 0 spiro atoms. The first-order chi connectivity index (χ1) is 11.6. The normalized spacial score (nSPS) is 14.0. The second kappa shape index (κ2) is 14.1. The van der Waals surface area contributed by atoms with Gasteiger partial charge in [0.05, 0.1) is 8.42 Å². The fraction of sp³-hybridized carbons (Fsp3) is 0.842. The van der Waals surface area contributed by atoms with Gasteiger partial charge in [-0.2, -0.15) is 0 Å². The zero-order chi connectivity index (χ0) is 17.8. The van der Waals surface area contributed by atoms with Crippen LogP contribution in [0.4, 0.5) is 0 Å². The summed E-state index contributed by atoms with van der Waals surface area (Å²) in [6.45, 7) is 9.26. The fourth-order valence-electron chi connectivity index (χ4n) is 2.62. The first-order valence-electron chi connectivity index (χ1n) is 9.53. The third-order valence-corrected chi connectivity index (χ3v) is 10.6. The number of rotatable bonds is 14. The first kappa shape index (κ1) is 23.0. The Kier molecular flexibility index (Phi) is 13.5. The van der Waals surface area contributed by atoms with E-state index in [0.29, 0.717) is 0 Å². The molecule has 2 atom stereocenters. The molecule has 0 bridgehead atoms. The minimum absolute atomic E-state index is 0.862. The zero-order valence-corrected chi connectivity index (χ0v) is 19.8. The fourth-order valence-corrected chi connectivity index (χ4v) is 9.29. The van der Waals surface area contributed by atoms with Crippen molar-refractivity contribution in [3.63, 3.8) is 0 Å². The van der Waals surface area contributed by atoms with Crippen molar-refractivity contribution in [2.24, 2.45) is 11.8 Å². The highest BCUT2D eigenvalue weighted by molar-refractivity contribution is 8.05. The van der Waals surface area contributed by atoms with E-state index in [0.717, 1.165) is 15.0 Å². The van der Waals surface area contributed by atoms with Crippen LogP contribution in [-0.2, 0) is 0 Å². The van der Waals surface area contributed by atoms with Crippen LogP contribution in [0.3, 0.4) is 0 Å². The Morgan fingerprint density at radius 2 is 1.21 bits per heavy atom. The van der Waals surface area contributed by atoms with Crippen LogP contribution in [0.25, 0.3) is 0 Å². The lowest BCUT2D eigenvalue weighted by Gasteiger charge is -2.15. The Bertz CT molecular complexity index is 436. The van der Waals surface area contributed by atoms with E-state index in [4.69, 9.17) is 12.2 Å². The van der Waals surface area contributed by atoms with Gasteiger partial charge >= 0.3 is 0 Å². The van der Waals surface area contributed by atoms with Gasteiger partial charge in [0.2, 0.25) is 0 Å². The Balaban J connectivity index is 2.55. The summed E-state index contributed by atoms with van der Waals surface area (Å²) in [6, 6.07) is 0. The van der Waals surface area contributed by atoms with Gasteiger partial charge in [-0.15, -0.1) is 46.2 Å². The number of hydrogen-bond acceptors (Lipinski definition) is 5. The Morgan fingerprint density at radius 3 is 1.54 bits per heavy atom. The highest BCUT2D eigenvalue weighted by Gasteiger charge is 2.14. The van der Waals surface area contributed by atoms with Crippen molar-refractivity contribution in [3.8, 4) is 0 Å². The smallest absolute Gasteiger partial charge is 0.113 e. The average molecular weight is 423 g/mol. The minimum Gasteiger partial charge on any atom is -0.113 e. The van der Waals surface area contributed by atoms with Crippen molar-refractivity contribution >= 4 is 58.4 Å². The molecule has 24 heavy (non-hydrogen) atoms. The molecule has 0 aromatic carbocycles. The Labute approximate surface area is 171 Å². The molecule has 0 aliphatic heterocycles. The van der Waals surface area contributed by atoms with E-state index in [1.54, 1.807) is 0 Å². The monoisotopic (exact) mass is 422 g/mol. The van der Waals surface area contributed by atoms with Crippen LogP contribution in [-0.4, -0.2) is 11.5 Å². The SMILES string of the molecule is CCCCC(CC)CSc1sc(=S)sc1SCC(CC)CCCC. The average Bonchev–Trinajstić information content (AvgIpc) is 2.95. The lowest BCUT2D eigenvalue weighted by Crippen LogP contribution is -2.02. The summed E-state index contributed by atoms with van der Waals surface area (Å²) in [4.78, 5) is 0. The van der Waals surface area contributed by atoms with Crippen molar-refractivity contribution < 1.29 is 0 Å². The molecule has 2 unspecified atom stereocenters. The molecule has 0 fully saturated rings. The van der Waals surface area contributed by atoms with Crippen molar-refractivity contribution in [3.05, 3.63) is 3.14 Å². The maximum absolute atomic E-state index is 5.49. The van der Waals surface area contributed by atoms with E-state index >= 15 is 0 Å². The lowest BCUT2D eigenvalue weighted by molar-refractivity contribution is 0.499. The van der Waals surface area contributed by atoms with E-state index in [1.807, 2.05) is 22.7 Å². The Hall–Kier alpha value is 0.970. The summed E-state index contributed by atoms with van der Waals surface area (Å²) in [5.41, 5.74) is 0. The molecule has 1 aromatic rings. The minimum atomic E-state index is 0.862. The van der Waals surface area contributed by atoms with E-state index in [1.165, 1.54) is 71.3 Å². The van der Waals surface area contributed by atoms with E-state index in [-0.39, 0.29) is 0 Å². The van der Waals surface area contributed by atoms with Gasteiger partial charge in [0.25, 0.3) is 0 Å². The van der Waals surface area contributed by atoms with Gasteiger partial charge in [-0.05, 0) is 24.7 Å². The first-order valence-corrected chi connectivity index (χ1v) is 13.5. The molecule has 0 aliphatic rings.